The van der Waals surface area contributed by atoms with Gasteiger partial charge in [0.2, 0.25) is 5.88 Å². The summed E-state index contributed by atoms with van der Waals surface area (Å²) in [5.41, 5.74) is 0.769. The number of carbonyl (C=O) groups is 1. The molecule has 2 heterocycles. The summed E-state index contributed by atoms with van der Waals surface area (Å²) in [5, 5.41) is 14.2. The third-order valence-corrected chi connectivity index (χ3v) is 10.2. The second kappa shape index (κ2) is 15.0. The lowest BCUT2D eigenvalue weighted by Crippen LogP contribution is -2.45. The summed E-state index contributed by atoms with van der Waals surface area (Å²) in [6.07, 6.45) is 8.25. The summed E-state index contributed by atoms with van der Waals surface area (Å²) >= 11 is 0. The van der Waals surface area contributed by atoms with E-state index in [1.54, 1.807) is 0 Å². The first-order valence-corrected chi connectivity index (χ1v) is 16.8. The fourth-order valence-electron chi connectivity index (χ4n) is 6.98. The first-order chi connectivity index (χ1) is 21.2. The lowest BCUT2D eigenvalue weighted by atomic mass is 9.65. The van der Waals surface area contributed by atoms with Gasteiger partial charge in [-0.15, -0.1) is 0 Å². The lowest BCUT2D eigenvalue weighted by molar-refractivity contribution is -0.0629. The molecular formula is C36H52N4O4. The molecule has 2 aromatic heterocycles. The zero-order valence-electron chi connectivity index (χ0n) is 27.7. The third-order valence-electron chi connectivity index (χ3n) is 10.2. The number of aromatic amines is 1. The molecule has 5 atom stereocenters. The zero-order chi connectivity index (χ0) is 32.0. The average Bonchev–Trinajstić information content (AvgIpc) is 3.58. The van der Waals surface area contributed by atoms with E-state index in [1.807, 2.05) is 24.3 Å². The number of unbranched alkanes of at least 4 members (excludes halogenated alkanes) is 1. The summed E-state index contributed by atoms with van der Waals surface area (Å²) in [5.74, 6) is 2.46. The van der Waals surface area contributed by atoms with Crippen LogP contribution in [0.4, 0.5) is 5.69 Å². The molecule has 240 valence electrons. The van der Waals surface area contributed by atoms with Crippen LogP contribution in [0.2, 0.25) is 0 Å². The number of nitrogens with zero attached hydrogens (tertiary/aromatic N) is 3. The standard InChI is InChI=1S/C36H52N4O4/c1-9-13-16-25(12-4)21-43-29-18-15-14-17-26(29)33-38-34-30(31(37-8)35(41)40(34)39-33)36(42)44-32-27(23(6)10-2)19-22(5)20-28(32)24(7)11-3/h14-15,17-18,22-25,27-28,32,41H,9-13,16,19-21H2,1-7H3,(H,38,39). The van der Waals surface area contributed by atoms with Crippen molar-refractivity contribution < 1.29 is 19.4 Å². The Labute approximate surface area is 263 Å². The second-order valence-corrected chi connectivity index (χ2v) is 13.2. The van der Waals surface area contributed by atoms with Gasteiger partial charge in [-0.25, -0.2) is 19.1 Å². The summed E-state index contributed by atoms with van der Waals surface area (Å²) in [6, 6.07) is 7.64. The summed E-state index contributed by atoms with van der Waals surface area (Å²) in [4.78, 5) is 22.4. The van der Waals surface area contributed by atoms with Crippen molar-refractivity contribution in [3.8, 4) is 23.0 Å². The number of fused-ring (bicyclic) bond motifs is 1. The molecule has 8 nitrogen and oxygen atoms in total. The Morgan fingerprint density at radius 3 is 2.36 bits per heavy atom. The number of aromatic hydroxyl groups is 1. The van der Waals surface area contributed by atoms with Crippen LogP contribution >= 0.6 is 0 Å². The SMILES string of the molecule is [C-]#[N+]c1c(C(=O)OC2C(C(C)CC)CC(C)CC2C(C)CC)c2nc(-c3ccccc3OCC(CC)CCCC)[nH]n2c1O. The van der Waals surface area contributed by atoms with Crippen LogP contribution in [0.15, 0.2) is 24.3 Å². The number of carbonyl (C=O) groups excluding carboxylic acids is 1. The minimum Gasteiger partial charge on any atom is -0.502 e. The topological polar surface area (TPSA) is 93.2 Å². The Kier molecular flexibility index (Phi) is 11.4. The van der Waals surface area contributed by atoms with Gasteiger partial charge in [-0.05, 0) is 66.9 Å². The molecule has 2 N–H and O–H groups in total. The van der Waals surface area contributed by atoms with Crippen LogP contribution in [0.1, 0.15) is 110 Å². The Hall–Kier alpha value is -3.47. The molecule has 0 aliphatic heterocycles. The van der Waals surface area contributed by atoms with E-state index in [0.29, 0.717) is 41.9 Å². The van der Waals surface area contributed by atoms with Crippen molar-refractivity contribution in [3.05, 3.63) is 41.2 Å². The quantitative estimate of drug-likeness (QED) is 0.141. The molecule has 44 heavy (non-hydrogen) atoms. The predicted molar refractivity (Wildman–Crippen MR) is 175 cm³/mol. The van der Waals surface area contributed by atoms with E-state index in [9.17, 15) is 9.90 Å². The van der Waals surface area contributed by atoms with Gasteiger partial charge in [0.05, 0.1) is 18.7 Å². The molecule has 0 amide bonds. The number of ether oxygens (including phenoxy) is 2. The third kappa shape index (κ3) is 6.92. The van der Waals surface area contributed by atoms with Crippen LogP contribution in [0.3, 0.4) is 0 Å². The maximum atomic E-state index is 14.1. The second-order valence-electron chi connectivity index (χ2n) is 13.2. The number of hydrogen-bond acceptors (Lipinski definition) is 5. The molecule has 0 bridgehead atoms. The van der Waals surface area contributed by atoms with Gasteiger partial charge < -0.3 is 14.6 Å². The number of nitrogens with one attached hydrogen (secondary N) is 1. The average molecular weight is 605 g/mol. The Bertz CT molecular complexity index is 1420. The van der Waals surface area contributed by atoms with Crippen LogP contribution in [-0.2, 0) is 4.74 Å². The molecule has 1 saturated carbocycles. The molecule has 1 aliphatic rings. The zero-order valence-corrected chi connectivity index (χ0v) is 27.7. The number of rotatable bonds is 14. The molecule has 0 spiro atoms. The fraction of sp³-hybridized carbons (Fsp3) is 0.639. The number of H-pyrrole nitrogens is 1. The highest BCUT2D eigenvalue weighted by molar-refractivity contribution is 6.04. The minimum absolute atomic E-state index is 0.00781. The number of para-hydroxylation sites is 1. The van der Waals surface area contributed by atoms with Crippen molar-refractivity contribution in [2.75, 3.05) is 6.61 Å². The molecule has 3 aromatic rings. The van der Waals surface area contributed by atoms with Gasteiger partial charge in [-0.3, -0.25) is 5.10 Å². The van der Waals surface area contributed by atoms with Gasteiger partial charge in [-0.1, -0.05) is 92.7 Å². The normalized spacial score (nSPS) is 22.3. The summed E-state index contributed by atoms with van der Waals surface area (Å²) < 4.78 is 14.0. The van der Waals surface area contributed by atoms with E-state index < -0.39 is 5.97 Å². The first kappa shape index (κ1) is 33.4. The highest BCUT2D eigenvalue weighted by atomic mass is 16.5. The Balaban J connectivity index is 1.70. The number of aromatic nitrogens is 3. The van der Waals surface area contributed by atoms with Gasteiger partial charge in [0.1, 0.15) is 17.4 Å². The van der Waals surface area contributed by atoms with E-state index in [0.717, 1.165) is 50.5 Å². The van der Waals surface area contributed by atoms with Crippen LogP contribution in [0.25, 0.3) is 21.9 Å². The maximum Gasteiger partial charge on any atom is 0.331 e. The molecule has 1 fully saturated rings. The van der Waals surface area contributed by atoms with E-state index >= 15 is 0 Å². The molecule has 1 aliphatic carbocycles. The Morgan fingerprint density at radius 2 is 1.77 bits per heavy atom. The van der Waals surface area contributed by atoms with Gasteiger partial charge in [0.15, 0.2) is 11.5 Å². The molecule has 1 aromatic carbocycles. The molecular weight excluding hydrogens is 552 g/mol. The van der Waals surface area contributed by atoms with Gasteiger partial charge in [-0.2, -0.15) is 0 Å². The number of esters is 1. The van der Waals surface area contributed by atoms with Gasteiger partial charge in [0, 0.05) is 0 Å². The largest absolute Gasteiger partial charge is 0.502 e. The first-order valence-electron chi connectivity index (χ1n) is 16.8. The van der Waals surface area contributed by atoms with Crippen molar-refractivity contribution in [1.82, 2.24) is 14.6 Å². The molecule has 8 heteroatoms. The van der Waals surface area contributed by atoms with E-state index in [1.165, 1.54) is 10.9 Å². The smallest absolute Gasteiger partial charge is 0.331 e. The maximum absolute atomic E-state index is 14.1. The minimum atomic E-state index is -0.598. The van der Waals surface area contributed by atoms with Crippen molar-refractivity contribution in [2.45, 2.75) is 106 Å². The molecule has 0 radical (unpaired) electrons. The van der Waals surface area contributed by atoms with E-state index in [-0.39, 0.29) is 40.7 Å². The van der Waals surface area contributed by atoms with Crippen LogP contribution < -0.4 is 4.74 Å². The van der Waals surface area contributed by atoms with Crippen molar-refractivity contribution in [3.63, 3.8) is 0 Å². The predicted octanol–water partition coefficient (Wildman–Crippen LogP) is 9.46. The fourth-order valence-corrected chi connectivity index (χ4v) is 6.98. The molecule has 0 saturated heterocycles. The number of hydrogen-bond donors (Lipinski definition) is 2. The van der Waals surface area contributed by atoms with Gasteiger partial charge >= 0.3 is 5.97 Å². The van der Waals surface area contributed by atoms with E-state index in [2.05, 4.69) is 58.4 Å². The van der Waals surface area contributed by atoms with Crippen molar-refractivity contribution in [1.29, 1.82) is 0 Å². The molecule has 4 rings (SSSR count). The highest BCUT2D eigenvalue weighted by Gasteiger charge is 2.43. The summed E-state index contributed by atoms with van der Waals surface area (Å²) in [6.45, 7) is 24.0. The Morgan fingerprint density at radius 1 is 1.11 bits per heavy atom. The van der Waals surface area contributed by atoms with Crippen LogP contribution in [0, 0.1) is 42.1 Å². The van der Waals surface area contributed by atoms with Crippen LogP contribution in [-0.4, -0.2) is 38.4 Å². The van der Waals surface area contributed by atoms with Crippen molar-refractivity contribution in [2.24, 2.45) is 35.5 Å². The monoisotopic (exact) mass is 604 g/mol. The van der Waals surface area contributed by atoms with Crippen LogP contribution in [0.5, 0.6) is 11.6 Å². The van der Waals surface area contributed by atoms with Gasteiger partial charge in [0.25, 0.3) is 5.69 Å². The van der Waals surface area contributed by atoms with Crippen molar-refractivity contribution >= 4 is 17.3 Å². The lowest BCUT2D eigenvalue weighted by Gasteiger charge is -2.45. The molecule has 5 unspecified atom stereocenters. The summed E-state index contributed by atoms with van der Waals surface area (Å²) in [7, 11) is 0. The highest BCUT2D eigenvalue weighted by Crippen LogP contribution is 2.45. The van der Waals surface area contributed by atoms with E-state index in [4.69, 9.17) is 21.0 Å². The number of benzene rings is 1.